The lowest BCUT2D eigenvalue weighted by Crippen LogP contribution is -2.41. The summed E-state index contributed by atoms with van der Waals surface area (Å²) in [6, 6.07) is 5.95. The maximum absolute atomic E-state index is 11.0. The lowest BCUT2D eigenvalue weighted by atomic mass is 10.2. The summed E-state index contributed by atoms with van der Waals surface area (Å²) >= 11 is 1.18. The predicted molar refractivity (Wildman–Crippen MR) is 73.7 cm³/mol. The highest BCUT2D eigenvalue weighted by Gasteiger charge is 2.19. The fourth-order valence-corrected chi connectivity index (χ4v) is 2.48. The Hall–Kier alpha value is -2.20. The molecule has 0 spiro atoms. The van der Waals surface area contributed by atoms with Crippen LogP contribution in [-0.4, -0.2) is 35.9 Å². The van der Waals surface area contributed by atoms with E-state index >= 15 is 0 Å². The van der Waals surface area contributed by atoms with Crippen molar-refractivity contribution in [2.75, 3.05) is 12.9 Å². The first-order valence-electron chi connectivity index (χ1n) is 5.68. The van der Waals surface area contributed by atoms with Crippen LogP contribution in [0.15, 0.2) is 23.1 Å². The van der Waals surface area contributed by atoms with Gasteiger partial charge in [-0.1, -0.05) is 0 Å². The summed E-state index contributed by atoms with van der Waals surface area (Å²) in [4.78, 5) is 22.6. The van der Waals surface area contributed by atoms with E-state index in [1.54, 1.807) is 18.2 Å². The molecule has 106 valence electrons. The first-order chi connectivity index (χ1) is 9.47. The van der Waals surface area contributed by atoms with Gasteiger partial charge in [0, 0.05) is 17.6 Å². The Balaban J connectivity index is 2.84. The number of nitrogens with one attached hydrogen (secondary N) is 1. The number of carboxylic acids is 1. The molecule has 0 aliphatic heterocycles. The zero-order chi connectivity index (χ0) is 15.1. The number of carboxylic acid groups (broad SMARTS) is 1. The minimum absolute atomic E-state index is 0.122. The molecule has 1 amide bonds. The molecule has 0 aromatic heterocycles. The standard InChI is InChI=1S/C13H14N2O4S/c1-8(16)15-11(13(17)18)7-20-12-5-10(19-2)4-3-9(12)6-14/h3-5,11H,7H2,1-2H3,(H,15,16)(H,17,18)/t11-/m0/s1. The lowest BCUT2D eigenvalue weighted by Gasteiger charge is -2.13. The fraction of sp³-hybridized carbons (Fsp3) is 0.308. The number of amides is 1. The van der Waals surface area contributed by atoms with E-state index in [0.717, 1.165) is 0 Å². The van der Waals surface area contributed by atoms with Crippen LogP contribution in [0.5, 0.6) is 5.75 Å². The second-order valence-corrected chi connectivity index (χ2v) is 4.94. The number of nitrogens with zero attached hydrogens (tertiary/aromatic N) is 1. The number of carbonyl (C=O) groups excluding carboxylic acids is 1. The van der Waals surface area contributed by atoms with Crippen molar-refractivity contribution in [1.29, 1.82) is 5.26 Å². The molecular weight excluding hydrogens is 280 g/mol. The molecule has 1 aromatic rings. The summed E-state index contributed by atoms with van der Waals surface area (Å²) < 4.78 is 5.06. The molecule has 0 unspecified atom stereocenters. The average Bonchev–Trinajstić information content (AvgIpc) is 2.42. The van der Waals surface area contributed by atoms with Crippen molar-refractivity contribution in [1.82, 2.24) is 5.32 Å². The van der Waals surface area contributed by atoms with Crippen molar-refractivity contribution in [3.05, 3.63) is 23.8 Å². The maximum atomic E-state index is 11.0. The van der Waals surface area contributed by atoms with Gasteiger partial charge in [-0.05, 0) is 18.2 Å². The molecule has 7 heteroatoms. The van der Waals surface area contributed by atoms with E-state index in [0.29, 0.717) is 16.2 Å². The summed E-state index contributed by atoms with van der Waals surface area (Å²) in [5, 5.41) is 20.4. The van der Waals surface area contributed by atoms with Crippen molar-refractivity contribution >= 4 is 23.6 Å². The number of carbonyl (C=O) groups is 2. The minimum atomic E-state index is -1.12. The van der Waals surface area contributed by atoms with E-state index in [-0.39, 0.29) is 5.75 Å². The third-order valence-electron chi connectivity index (χ3n) is 2.39. The predicted octanol–water partition coefficient (Wildman–Crippen LogP) is 1.25. The Labute approximate surface area is 120 Å². The summed E-state index contributed by atoms with van der Waals surface area (Å²) in [6.45, 7) is 1.26. The van der Waals surface area contributed by atoms with Gasteiger partial charge in [0.05, 0.1) is 12.7 Å². The van der Waals surface area contributed by atoms with Gasteiger partial charge in [-0.25, -0.2) is 4.79 Å². The smallest absolute Gasteiger partial charge is 0.327 e. The molecule has 0 saturated heterocycles. The van der Waals surface area contributed by atoms with Crippen LogP contribution in [0.4, 0.5) is 0 Å². The van der Waals surface area contributed by atoms with E-state index in [1.165, 1.54) is 25.8 Å². The van der Waals surface area contributed by atoms with Gasteiger partial charge in [0.1, 0.15) is 17.9 Å². The van der Waals surface area contributed by atoms with Crippen LogP contribution >= 0.6 is 11.8 Å². The molecule has 20 heavy (non-hydrogen) atoms. The molecular formula is C13H14N2O4S. The van der Waals surface area contributed by atoms with Crippen molar-refractivity contribution in [3.63, 3.8) is 0 Å². The Morgan fingerprint density at radius 2 is 2.25 bits per heavy atom. The Morgan fingerprint density at radius 3 is 2.75 bits per heavy atom. The molecule has 6 nitrogen and oxygen atoms in total. The van der Waals surface area contributed by atoms with Gasteiger partial charge < -0.3 is 15.2 Å². The molecule has 0 radical (unpaired) electrons. The van der Waals surface area contributed by atoms with Crippen molar-refractivity contribution in [3.8, 4) is 11.8 Å². The van der Waals surface area contributed by atoms with Gasteiger partial charge in [0.2, 0.25) is 5.91 Å². The van der Waals surface area contributed by atoms with Crippen LogP contribution < -0.4 is 10.1 Å². The number of methoxy groups -OCH3 is 1. The lowest BCUT2D eigenvalue weighted by molar-refractivity contribution is -0.140. The van der Waals surface area contributed by atoms with E-state index in [1.807, 2.05) is 6.07 Å². The number of benzene rings is 1. The van der Waals surface area contributed by atoms with Gasteiger partial charge in [-0.15, -0.1) is 11.8 Å². The second kappa shape index (κ2) is 7.40. The van der Waals surface area contributed by atoms with Crippen LogP contribution in [0.1, 0.15) is 12.5 Å². The average molecular weight is 294 g/mol. The summed E-state index contributed by atoms with van der Waals surface area (Å²) in [5.41, 5.74) is 0.433. The number of ether oxygens (including phenoxy) is 1. The first-order valence-corrected chi connectivity index (χ1v) is 6.67. The quantitative estimate of drug-likeness (QED) is 0.766. The number of rotatable bonds is 6. The molecule has 0 heterocycles. The number of aliphatic carboxylic acids is 1. The largest absolute Gasteiger partial charge is 0.497 e. The number of hydrogen-bond donors (Lipinski definition) is 2. The molecule has 1 rings (SSSR count). The molecule has 2 N–H and O–H groups in total. The molecule has 0 aliphatic rings. The summed E-state index contributed by atoms with van der Waals surface area (Å²) in [5.74, 6) is -0.826. The van der Waals surface area contributed by atoms with Crippen LogP contribution in [0, 0.1) is 11.3 Å². The third-order valence-corrected chi connectivity index (χ3v) is 3.54. The van der Waals surface area contributed by atoms with Crippen LogP contribution in [0.2, 0.25) is 0 Å². The Kier molecular flexibility index (Phi) is 5.87. The Morgan fingerprint density at radius 1 is 1.55 bits per heavy atom. The van der Waals surface area contributed by atoms with Crippen molar-refractivity contribution in [2.24, 2.45) is 0 Å². The SMILES string of the molecule is COc1ccc(C#N)c(SC[C@H](NC(C)=O)C(=O)O)c1. The van der Waals surface area contributed by atoms with Gasteiger partial charge in [-0.3, -0.25) is 4.79 Å². The summed E-state index contributed by atoms with van der Waals surface area (Å²) in [7, 11) is 1.51. The maximum Gasteiger partial charge on any atom is 0.327 e. The van der Waals surface area contributed by atoms with Crippen molar-refractivity contribution < 1.29 is 19.4 Å². The van der Waals surface area contributed by atoms with Crippen molar-refractivity contribution in [2.45, 2.75) is 17.9 Å². The molecule has 0 aliphatic carbocycles. The van der Waals surface area contributed by atoms with Crippen LogP contribution in [-0.2, 0) is 9.59 Å². The van der Waals surface area contributed by atoms with E-state index in [9.17, 15) is 9.59 Å². The van der Waals surface area contributed by atoms with E-state index < -0.39 is 17.9 Å². The second-order valence-electron chi connectivity index (χ2n) is 3.88. The highest BCUT2D eigenvalue weighted by Crippen LogP contribution is 2.27. The molecule has 0 fully saturated rings. The molecule has 1 atom stereocenters. The highest BCUT2D eigenvalue weighted by molar-refractivity contribution is 7.99. The van der Waals surface area contributed by atoms with Crippen LogP contribution in [0.3, 0.4) is 0 Å². The zero-order valence-corrected chi connectivity index (χ0v) is 11.9. The minimum Gasteiger partial charge on any atom is -0.497 e. The third kappa shape index (κ3) is 4.48. The first kappa shape index (κ1) is 15.9. The number of thioether (sulfide) groups is 1. The fourth-order valence-electron chi connectivity index (χ4n) is 1.43. The number of nitriles is 1. The molecule has 0 bridgehead atoms. The van der Waals surface area contributed by atoms with E-state index in [2.05, 4.69) is 5.32 Å². The van der Waals surface area contributed by atoms with Gasteiger partial charge in [0.15, 0.2) is 0 Å². The number of hydrogen-bond acceptors (Lipinski definition) is 5. The van der Waals surface area contributed by atoms with Gasteiger partial charge in [-0.2, -0.15) is 5.26 Å². The molecule has 0 saturated carbocycles. The zero-order valence-electron chi connectivity index (χ0n) is 11.0. The normalized spacial score (nSPS) is 11.2. The highest BCUT2D eigenvalue weighted by atomic mass is 32.2. The van der Waals surface area contributed by atoms with Gasteiger partial charge >= 0.3 is 5.97 Å². The molecule has 1 aromatic carbocycles. The Bertz CT molecular complexity index is 554. The van der Waals surface area contributed by atoms with Crippen LogP contribution in [0.25, 0.3) is 0 Å². The van der Waals surface area contributed by atoms with E-state index in [4.69, 9.17) is 15.1 Å². The van der Waals surface area contributed by atoms with Gasteiger partial charge in [0.25, 0.3) is 0 Å². The summed E-state index contributed by atoms with van der Waals surface area (Å²) in [6.07, 6.45) is 0. The topological polar surface area (TPSA) is 99.4 Å². The monoisotopic (exact) mass is 294 g/mol.